The molecule has 0 aliphatic rings. The largest absolute Gasteiger partial charge is 0.361 e. The lowest BCUT2D eigenvalue weighted by Crippen LogP contribution is -2.38. The molecule has 0 saturated carbocycles. The molecule has 6 heteroatoms. The zero-order valence-corrected chi connectivity index (χ0v) is 17.5. The van der Waals surface area contributed by atoms with E-state index in [1.165, 1.54) is 11.3 Å². The van der Waals surface area contributed by atoms with E-state index < -0.39 is 0 Å². The Balaban J connectivity index is 1.45. The van der Waals surface area contributed by atoms with Gasteiger partial charge < -0.3 is 15.6 Å². The standard InChI is InChI=1S/C24H23N3O2S/c1-16-11-12-22(30-16)24(29)27-15-23(28)26-13-19(17-7-3-2-4-8-17)20-14-25-21-10-6-5-9-18(20)21/h2-12,14,19,25H,13,15H2,1H3,(H,26,28)(H,27,29). The van der Waals surface area contributed by atoms with Crippen LogP contribution in [-0.2, 0) is 4.79 Å². The lowest BCUT2D eigenvalue weighted by molar-refractivity contribution is -0.120. The molecule has 5 nitrogen and oxygen atoms in total. The van der Waals surface area contributed by atoms with Crippen molar-refractivity contribution in [2.45, 2.75) is 12.8 Å². The first-order chi connectivity index (χ1) is 14.6. The number of para-hydroxylation sites is 1. The number of hydrogen-bond donors (Lipinski definition) is 3. The highest BCUT2D eigenvalue weighted by Gasteiger charge is 2.19. The number of aryl methyl sites for hydroxylation is 1. The van der Waals surface area contributed by atoms with Gasteiger partial charge >= 0.3 is 0 Å². The van der Waals surface area contributed by atoms with Crippen molar-refractivity contribution in [3.8, 4) is 0 Å². The SMILES string of the molecule is Cc1ccc(C(=O)NCC(=O)NCC(c2ccccc2)c2c[nH]c3ccccc23)s1. The number of aromatic amines is 1. The molecule has 1 unspecified atom stereocenters. The molecular weight excluding hydrogens is 394 g/mol. The number of benzene rings is 2. The van der Waals surface area contributed by atoms with Crippen molar-refractivity contribution < 1.29 is 9.59 Å². The summed E-state index contributed by atoms with van der Waals surface area (Å²) in [5.74, 6) is -0.432. The second kappa shape index (κ2) is 8.97. The van der Waals surface area contributed by atoms with E-state index >= 15 is 0 Å². The average Bonchev–Trinajstić information content (AvgIpc) is 3.40. The number of hydrogen-bond acceptors (Lipinski definition) is 3. The Kier molecular flexibility index (Phi) is 5.95. The fourth-order valence-electron chi connectivity index (χ4n) is 3.56. The smallest absolute Gasteiger partial charge is 0.261 e. The second-order valence-electron chi connectivity index (χ2n) is 7.15. The zero-order chi connectivity index (χ0) is 20.9. The fourth-order valence-corrected chi connectivity index (χ4v) is 4.34. The van der Waals surface area contributed by atoms with Gasteiger partial charge in [-0.1, -0.05) is 48.5 Å². The van der Waals surface area contributed by atoms with Crippen LogP contribution in [0.1, 0.15) is 31.6 Å². The van der Waals surface area contributed by atoms with Gasteiger partial charge in [-0.15, -0.1) is 11.3 Å². The van der Waals surface area contributed by atoms with E-state index in [0.717, 1.165) is 26.9 Å². The fraction of sp³-hybridized carbons (Fsp3) is 0.167. The first-order valence-corrected chi connectivity index (χ1v) is 10.7. The molecule has 0 saturated heterocycles. The van der Waals surface area contributed by atoms with Crippen LogP contribution in [0.25, 0.3) is 10.9 Å². The molecule has 4 rings (SSSR count). The van der Waals surface area contributed by atoms with Crippen LogP contribution in [0.15, 0.2) is 72.9 Å². The minimum absolute atomic E-state index is 0.00180. The summed E-state index contributed by atoms with van der Waals surface area (Å²) in [4.78, 5) is 29.6. The highest BCUT2D eigenvalue weighted by Crippen LogP contribution is 2.30. The maximum Gasteiger partial charge on any atom is 0.261 e. The number of fused-ring (bicyclic) bond motifs is 1. The van der Waals surface area contributed by atoms with E-state index in [1.54, 1.807) is 6.07 Å². The quantitative estimate of drug-likeness (QED) is 0.421. The summed E-state index contributed by atoms with van der Waals surface area (Å²) in [6.07, 6.45) is 2.01. The van der Waals surface area contributed by atoms with Gasteiger partial charge in [-0.3, -0.25) is 9.59 Å². The van der Waals surface area contributed by atoms with Gasteiger partial charge in [0.05, 0.1) is 11.4 Å². The lowest BCUT2D eigenvalue weighted by Gasteiger charge is -2.18. The van der Waals surface area contributed by atoms with Gasteiger partial charge in [-0.2, -0.15) is 0 Å². The van der Waals surface area contributed by atoms with Crippen LogP contribution >= 0.6 is 11.3 Å². The summed E-state index contributed by atoms with van der Waals surface area (Å²) in [5.41, 5.74) is 3.33. The Hall–Kier alpha value is -3.38. The van der Waals surface area contributed by atoms with Gasteiger partial charge in [0, 0.05) is 34.4 Å². The van der Waals surface area contributed by atoms with E-state index in [9.17, 15) is 9.59 Å². The maximum absolute atomic E-state index is 12.4. The molecule has 0 fully saturated rings. The molecule has 2 aromatic heterocycles. The van der Waals surface area contributed by atoms with Gasteiger partial charge in [-0.05, 0) is 36.2 Å². The number of nitrogens with one attached hydrogen (secondary N) is 3. The summed E-state index contributed by atoms with van der Waals surface area (Å²) in [5, 5.41) is 6.82. The maximum atomic E-state index is 12.4. The Morgan fingerprint density at radius 2 is 1.73 bits per heavy atom. The predicted molar refractivity (Wildman–Crippen MR) is 121 cm³/mol. The van der Waals surface area contributed by atoms with Crippen molar-refractivity contribution in [3.63, 3.8) is 0 Å². The Labute approximate surface area is 179 Å². The van der Waals surface area contributed by atoms with Crippen LogP contribution < -0.4 is 10.6 Å². The molecule has 152 valence electrons. The third-order valence-electron chi connectivity index (χ3n) is 5.08. The summed E-state index contributed by atoms with van der Waals surface area (Å²) in [7, 11) is 0. The van der Waals surface area contributed by atoms with Gasteiger partial charge in [0.25, 0.3) is 5.91 Å². The van der Waals surface area contributed by atoms with E-state index in [0.29, 0.717) is 11.4 Å². The molecule has 2 amide bonds. The molecule has 3 N–H and O–H groups in total. The predicted octanol–water partition coefficient (Wildman–Crippen LogP) is 4.22. The van der Waals surface area contributed by atoms with Crippen LogP contribution in [0.3, 0.4) is 0 Å². The second-order valence-corrected chi connectivity index (χ2v) is 8.44. The van der Waals surface area contributed by atoms with Crippen LogP contribution in [-0.4, -0.2) is 29.9 Å². The Morgan fingerprint density at radius 1 is 0.967 bits per heavy atom. The summed E-state index contributed by atoms with van der Waals surface area (Å²) in [6, 6.07) is 21.9. The van der Waals surface area contributed by atoms with E-state index in [4.69, 9.17) is 0 Å². The zero-order valence-electron chi connectivity index (χ0n) is 16.6. The van der Waals surface area contributed by atoms with Crippen molar-refractivity contribution in [1.82, 2.24) is 15.6 Å². The molecule has 2 aromatic carbocycles. The Morgan fingerprint density at radius 3 is 2.50 bits per heavy atom. The van der Waals surface area contributed by atoms with Crippen LogP contribution in [0, 0.1) is 6.92 Å². The van der Waals surface area contributed by atoms with E-state index in [2.05, 4.69) is 33.8 Å². The van der Waals surface area contributed by atoms with Crippen molar-refractivity contribution in [1.29, 1.82) is 0 Å². The molecule has 0 bridgehead atoms. The minimum Gasteiger partial charge on any atom is -0.361 e. The number of H-pyrrole nitrogens is 1. The van der Waals surface area contributed by atoms with Crippen molar-refractivity contribution in [3.05, 3.63) is 93.8 Å². The van der Waals surface area contributed by atoms with Gasteiger partial charge in [0.2, 0.25) is 5.91 Å². The molecule has 0 aliphatic carbocycles. The van der Waals surface area contributed by atoms with Gasteiger partial charge in [-0.25, -0.2) is 0 Å². The number of aromatic nitrogens is 1. The number of carbonyl (C=O) groups excluding carboxylic acids is 2. The minimum atomic E-state index is -0.223. The highest BCUT2D eigenvalue weighted by atomic mass is 32.1. The number of carbonyl (C=O) groups is 2. The van der Waals surface area contributed by atoms with Crippen molar-refractivity contribution in [2.75, 3.05) is 13.1 Å². The van der Waals surface area contributed by atoms with Crippen LogP contribution in [0.5, 0.6) is 0 Å². The van der Waals surface area contributed by atoms with E-state index in [1.807, 2.05) is 55.6 Å². The van der Waals surface area contributed by atoms with Crippen molar-refractivity contribution >= 4 is 34.1 Å². The monoisotopic (exact) mass is 417 g/mol. The summed E-state index contributed by atoms with van der Waals surface area (Å²) >= 11 is 1.42. The first-order valence-electron chi connectivity index (χ1n) is 9.84. The highest BCUT2D eigenvalue weighted by molar-refractivity contribution is 7.13. The number of thiophene rings is 1. The number of rotatable bonds is 7. The van der Waals surface area contributed by atoms with Crippen LogP contribution in [0.2, 0.25) is 0 Å². The number of amides is 2. The Bertz CT molecular complexity index is 1160. The summed E-state index contributed by atoms with van der Waals surface area (Å²) in [6.45, 7) is 2.34. The third-order valence-corrected chi connectivity index (χ3v) is 6.08. The normalized spacial score (nSPS) is 11.9. The van der Waals surface area contributed by atoms with E-state index in [-0.39, 0.29) is 24.3 Å². The van der Waals surface area contributed by atoms with Crippen LogP contribution in [0.4, 0.5) is 0 Å². The molecule has 2 heterocycles. The average molecular weight is 418 g/mol. The molecule has 0 aliphatic heterocycles. The molecule has 0 radical (unpaired) electrons. The van der Waals surface area contributed by atoms with Gasteiger partial charge in [0.15, 0.2) is 0 Å². The van der Waals surface area contributed by atoms with Gasteiger partial charge in [0.1, 0.15) is 0 Å². The molecular formula is C24H23N3O2S. The first kappa shape index (κ1) is 19.9. The molecule has 0 spiro atoms. The third kappa shape index (κ3) is 4.44. The molecule has 30 heavy (non-hydrogen) atoms. The summed E-state index contributed by atoms with van der Waals surface area (Å²) < 4.78 is 0. The molecule has 4 aromatic rings. The lowest BCUT2D eigenvalue weighted by atomic mass is 9.91. The van der Waals surface area contributed by atoms with Crippen molar-refractivity contribution in [2.24, 2.45) is 0 Å². The molecule has 1 atom stereocenters. The topological polar surface area (TPSA) is 74.0 Å².